The number of pyridine rings is 1. The molecular weight excluding hydrogens is 592 g/mol. The number of carbonyl (C=O) groups excluding carboxylic acids is 3. The van der Waals surface area contributed by atoms with Gasteiger partial charge in [0.15, 0.2) is 0 Å². The van der Waals surface area contributed by atoms with E-state index in [2.05, 4.69) is 20.5 Å². The summed E-state index contributed by atoms with van der Waals surface area (Å²) in [5.41, 5.74) is 2.63. The molecule has 0 bridgehead atoms. The molecule has 1 unspecified atom stereocenters. The standard InChI is InChI=1S/C33H38N6O7/c40-30(41)21-27(26-8-4-11-34-22-26)35-31(42)25-9-10-29(28(20-25)36-32(43)46-23-24-6-2-1-3-7-24)37-12-5-13-38(15-14-37)33(44)39-16-18-45-19-17-39/h1-4,6-11,20,22,27H,5,12-19,21,23H2,(H,35,42)(H,36,43)(H,40,41). The SMILES string of the molecule is O=C(O)CC(NC(=O)c1ccc(N2CCCN(C(=O)N3CCOCC3)CC2)c(NC(=O)OCc2ccccc2)c1)c1cccnc1. The Bertz CT molecular complexity index is 1500. The molecular formula is C33H38N6O7. The van der Waals surface area contributed by atoms with Crippen LogP contribution in [0.15, 0.2) is 73.1 Å². The van der Waals surface area contributed by atoms with Gasteiger partial charge in [-0.25, -0.2) is 9.59 Å². The number of rotatable bonds is 9. The zero-order valence-corrected chi connectivity index (χ0v) is 25.5. The summed E-state index contributed by atoms with van der Waals surface area (Å²) in [4.78, 5) is 60.9. The van der Waals surface area contributed by atoms with Crippen molar-refractivity contribution in [2.75, 3.05) is 62.7 Å². The predicted octanol–water partition coefficient (Wildman–Crippen LogP) is 3.74. The largest absolute Gasteiger partial charge is 0.481 e. The first kappa shape index (κ1) is 32.2. The van der Waals surface area contributed by atoms with Gasteiger partial charge in [-0.1, -0.05) is 36.4 Å². The molecule has 0 saturated carbocycles. The van der Waals surface area contributed by atoms with Crippen molar-refractivity contribution in [3.63, 3.8) is 0 Å². The van der Waals surface area contributed by atoms with Crippen molar-refractivity contribution in [3.05, 3.63) is 89.7 Å². The Labute approximate surface area is 267 Å². The molecule has 3 heterocycles. The van der Waals surface area contributed by atoms with E-state index in [0.29, 0.717) is 75.8 Å². The van der Waals surface area contributed by atoms with Crippen LogP contribution in [0.3, 0.4) is 0 Å². The maximum atomic E-state index is 13.4. The van der Waals surface area contributed by atoms with Crippen LogP contribution in [0.1, 0.15) is 40.4 Å². The number of morpholine rings is 1. The Kier molecular flexibility index (Phi) is 11.0. The molecule has 46 heavy (non-hydrogen) atoms. The lowest BCUT2D eigenvalue weighted by atomic mass is 10.0. The zero-order valence-electron chi connectivity index (χ0n) is 25.5. The second-order valence-corrected chi connectivity index (χ2v) is 11.0. The van der Waals surface area contributed by atoms with E-state index in [-0.39, 0.29) is 24.6 Å². The molecule has 2 saturated heterocycles. The number of hydrogen-bond donors (Lipinski definition) is 3. The van der Waals surface area contributed by atoms with Crippen LogP contribution in [0.25, 0.3) is 0 Å². The summed E-state index contributed by atoms with van der Waals surface area (Å²) in [5.74, 6) is -1.59. The zero-order chi connectivity index (χ0) is 32.3. The van der Waals surface area contributed by atoms with Crippen molar-refractivity contribution < 1.29 is 33.8 Å². The molecule has 13 heteroatoms. The third kappa shape index (κ3) is 8.72. The van der Waals surface area contributed by atoms with Crippen molar-refractivity contribution in [2.24, 2.45) is 0 Å². The summed E-state index contributed by atoms with van der Waals surface area (Å²) in [6.07, 6.45) is 2.76. The number of nitrogens with one attached hydrogen (secondary N) is 2. The molecule has 2 aliphatic rings. The Morgan fingerprint density at radius 3 is 2.43 bits per heavy atom. The van der Waals surface area contributed by atoms with E-state index in [1.165, 1.54) is 6.20 Å². The highest BCUT2D eigenvalue weighted by Crippen LogP contribution is 2.30. The highest BCUT2D eigenvalue weighted by Gasteiger charge is 2.27. The molecule has 3 aromatic rings. The first-order valence-corrected chi connectivity index (χ1v) is 15.3. The van der Waals surface area contributed by atoms with Gasteiger partial charge in [-0.15, -0.1) is 0 Å². The topological polar surface area (TPSA) is 154 Å². The summed E-state index contributed by atoms with van der Waals surface area (Å²) in [6.45, 7) is 4.45. The maximum absolute atomic E-state index is 13.4. The lowest BCUT2D eigenvalue weighted by molar-refractivity contribution is -0.137. The average Bonchev–Trinajstić information content (AvgIpc) is 3.34. The second kappa shape index (κ2) is 15.7. The van der Waals surface area contributed by atoms with E-state index in [0.717, 1.165) is 5.56 Å². The number of hydrogen-bond acceptors (Lipinski definition) is 8. The minimum absolute atomic E-state index is 0.00969. The first-order valence-electron chi connectivity index (χ1n) is 15.3. The number of anilines is 2. The smallest absolute Gasteiger partial charge is 0.412 e. The van der Waals surface area contributed by atoms with Crippen molar-refractivity contribution in [3.8, 4) is 0 Å². The van der Waals surface area contributed by atoms with Gasteiger partial charge < -0.3 is 34.6 Å². The molecule has 2 fully saturated rings. The Morgan fingerprint density at radius 1 is 0.913 bits per heavy atom. The molecule has 0 spiro atoms. The predicted molar refractivity (Wildman–Crippen MR) is 170 cm³/mol. The van der Waals surface area contributed by atoms with Crippen LogP contribution in [-0.4, -0.2) is 96.4 Å². The van der Waals surface area contributed by atoms with E-state index >= 15 is 0 Å². The van der Waals surface area contributed by atoms with Gasteiger partial charge >= 0.3 is 18.1 Å². The fraction of sp³-hybridized carbons (Fsp3) is 0.364. The Hall–Kier alpha value is -5.17. The molecule has 242 valence electrons. The number of benzene rings is 2. The molecule has 1 aromatic heterocycles. The number of carboxylic acids is 1. The van der Waals surface area contributed by atoms with E-state index < -0.39 is 24.0 Å². The summed E-state index contributed by atoms with van der Waals surface area (Å²) in [5, 5.41) is 15.1. The lowest BCUT2D eigenvalue weighted by Gasteiger charge is -2.32. The fourth-order valence-electron chi connectivity index (χ4n) is 5.48. The van der Waals surface area contributed by atoms with E-state index in [1.54, 1.807) is 36.5 Å². The number of aliphatic carboxylic acids is 1. The molecule has 2 aromatic carbocycles. The van der Waals surface area contributed by atoms with Crippen LogP contribution in [-0.2, 0) is 20.9 Å². The summed E-state index contributed by atoms with van der Waals surface area (Å²) < 4.78 is 10.9. The molecule has 1 atom stereocenters. The van der Waals surface area contributed by atoms with Gasteiger partial charge in [-0.05, 0) is 41.8 Å². The monoisotopic (exact) mass is 630 g/mol. The molecule has 4 amide bonds. The van der Waals surface area contributed by atoms with Gasteiger partial charge in [-0.3, -0.25) is 19.9 Å². The van der Waals surface area contributed by atoms with Crippen molar-refractivity contribution in [1.82, 2.24) is 20.1 Å². The Balaban J connectivity index is 1.34. The quantitative estimate of drug-likeness (QED) is 0.321. The number of nitrogens with zero attached hydrogens (tertiary/aromatic N) is 4. The summed E-state index contributed by atoms with van der Waals surface area (Å²) in [6, 6.07) is 16.8. The summed E-state index contributed by atoms with van der Waals surface area (Å²) >= 11 is 0. The van der Waals surface area contributed by atoms with Gasteiger partial charge in [0.1, 0.15) is 6.61 Å². The minimum atomic E-state index is -1.07. The van der Waals surface area contributed by atoms with E-state index in [9.17, 15) is 24.3 Å². The number of urea groups is 1. The first-order chi connectivity index (χ1) is 22.4. The molecule has 0 radical (unpaired) electrons. The maximum Gasteiger partial charge on any atom is 0.412 e. The highest BCUT2D eigenvalue weighted by atomic mass is 16.5. The molecule has 5 rings (SSSR count). The van der Waals surface area contributed by atoms with Crippen LogP contribution in [0, 0.1) is 0 Å². The summed E-state index contributed by atoms with van der Waals surface area (Å²) in [7, 11) is 0. The molecule has 3 N–H and O–H groups in total. The van der Waals surface area contributed by atoms with Crippen molar-refractivity contribution >= 4 is 35.4 Å². The normalized spacial score (nSPS) is 15.8. The minimum Gasteiger partial charge on any atom is -0.481 e. The average molecular weight is 631 g/mol. The van der Waals surface area contributed by atoms with Crippen LogP contribution < -0.4 is 15.5 Å². The van der Waals surface area contributed by atoms with E-state index in [4.69, 9.17) is 9.47 Å². The highest BCUT2D eigenvalue weighted by molar-refractivity contribution is 5.99. The van der Waals surface area contributed by atoms with Gasteiger partial charge in [0.05, 0.1) is 37.1 Å². The third-order valence-corrected chi connectivity index (χ3v) is 7.87. The molecule has 0 aliphatic carbocycles. The van der Waals surface area contributed by atoms with Crippen LogP contribution in [0.5, 0.6) is 0 Å². The number of carboxylic acid groups (broad SMARTS) is 1. The number of ether oxygens (including phenoxy) is 2. The van der Waals surface area contributed by atoms with Crippen LogP contribution in [0.4, 0.5) is 21.0 Å². The van der Waals surface area contributed by atoms with Crippen LogP contribution >= 0.6 is 0 Å². The van der Waals surface area contributed by atoms with Gasteiger partial charge in [0.2, 0.25) is 0 Å². The van der Waals surface area contributed by atoms with Crippen molar-refractivity contribution in [1.29, 1.82) is 0 Å². The number of aromatic nitrogens is 1. The third-order valence-electron chi connectivity index (χ3n) is 7.87. The molecule has 2 aliphatic heterocycles. The van der Waals surface area contributed by atoms with Gasteiger partial charge in [0.25, 0.3) is 5.91 Å². The van der Waals surface area contributed by atoms with Gasteiger partial charge in [-0.2, -0.15) is 0 Å². The second-order valence-electron chi connectivity index (χ2n) is 11.0. The molecule has 13 nitrogen and oxygen atoms in total. The Morgan fingerprint density at radius 2 is 1.70 bits per heavy atom. The lowest BCUT2D eigenvalue weighted by Crippen LogP contribution is -2.49. The van der Waals surface area contributed by atoms with Crippen molar-refractivity contribution in [2.45, 2.75) is 25.5 Å². The number of carbonyl (C=O) groups is 4. The van der Waals surface area contributed by atoms with E-state index in [1.807, 2.05) is 40.1 Å². The number of amides is 4. The van der Waals surface area contributed by atoms with Gasteiger partial charge in [0, 0.05) is 57.2 Å². The fourth-order valence-corrected chi connectivity index (χ4v) is 5.48. The van der Waals surface area contributed by atoms with Crippen LogP contribution in [0.2, 0.25) is 0 Å².